The van der Waals surface area contributed by atoms with Gasteiger partial charge < -0.3 is 15.5 Å². The summed E-state index contributed by atoms with van der Waals surface area (Å²) in [5, 5.41) is 5.25. The van der Waals surface area contributed by atoms with Crippen molar-refractivity contribution in [2.75, 3.05) is 18.4 Å². The van der Waals surface area contributed by atoms with Gasteiger partial charge >= 0.3 is 11.7 Å². The Labute approximate surface area is 227 Å². The number of hydrogen-bond donors (Lipinski definition) is 2. The van der Waals surface area contributed by atoms with Crippen LogP contribution in [0.3, 0.4) is 0 Å². The van der Waals surface area contributed by atoms with Crippen molar-refractivity contribution in [2.24, 2.45) is 5.92 Å². The Hall–Kier alpha value is -4.09. The van der Waals surface area contributed by atoms with Crippen LogP contribution in [0.4, 0.5) is 23.7 Å². The van der Waals surface area contributed by atoms with Gasteiger partial charge in [-0.2, -0.15) is 0 Å². The number of anilines is 1. The highest BCUT2D eigenvalue weighted by Gasteiger charge is 2.28. The molecule has 1 aromatic heterocycles. The normalized spacial score (nSPS) is 17.4. The highest BCUT2D eigenvalue weighted by atomic mass is 19.1. The number of urea groups is 1. The van der Waals surface area contributed by atoms with Crippen molar-refractivity contribution in [3.63, 3.8) is 0 Å². The van der Waals surface area contributed by atoms with E-state index in [-0.39, 0.29) is 35.1 Å². The third-order valence-corrected chi connectivity index (χ3v) is 7.37. The van der Waals surface area contributed by atoms with E-state index >= 15 is 4.39 Å². The van der Waals surface area contributed by atoms with Gasteiger partial charge in [-0.3, -0.25) is 18.7 Å². The molecular formula is C28H30F3N5O4. The van der Waals surface area contributed by atoms with Crippen LogP contribution in [-0.2, 0) is 6.54 Å². The van der Waals surface area contributed by atoms with Crippen LogP contribution in [0, 0.1) is 23.4 Å². The highest BCUT2D eigenvalue weighted by molar-refractivity contribution is 5.95. The van der Waals surface area contributed by atoms with E-state index in [9.17, 15) is 28.0 Å². The molecule has 3 aromatic rings. The molecule has 1 atom stereocenters. The maximum atomic E-state index is 15.2. The maximum Gasteiger partial charge on any atom is 0.331 e. The Bertz CT molecular complexity index is 1610. The first-order chi connectivity index (χ1) is 19.0. The zero-order chi connectivity index (χ0) is 28.7. The van der Waals surface area contributed by atoms with E-state index in [4.69, 9.17) is 0 Å². The van der Waals surface area contributed by atoms with Crippen LogP contribution in [0.2, 0.25) is 0 Å². The van der Waals surface area contributed by atoms with Crippen molar-refractivity contribution in [3.05, 3.63) is 74.2 Å². The van der Waals surface area contributed by atoms with E-state index < -0.39 is 52.2 Å². The minimum Gasteiger partial charge on any atom is -0.347 e. The molecule has 1 aliphatic heterocycles. The first-order valence-corrected chi connectivity index (χ1v) is 13.3. The zero-order valence-electron chi connectivity index (χ0n) is 22.2. The van der Waals surface area contributed by atoms with Crippen molar-refractivity contribution in [2.45, 2.75) is 58.2 Å². The fourth-order valence-corrected chi connectivity index (χ4v) is 5.12. The molecular weight excluding hydrogens is 527 g/mol. The van der Waals surface area contributed by atoms with E-state index in [0.29, 0.717) is 25.9 Å². The first-order valence-electron chi connectivity index (χ1n) is 13.3. The molecule has 2 heterocycles. The van der Waals surface area contributed by atoms with Crippen LogP contribution >= 0.6 is 0 Å². The molecule has 5 rings (SSSR count). The maximum absolute atomic E-state index is 15.2. The van der Waals surface area contributed by atoms with Gasteiger partial charge in [0.2, 0.25) is 0 Å². The molecule has 2 N–H and O–H groups in total. The Morgan fingerprint density at radius 1 is 1.02 bits per heavy atom. The van der Waals surface area contributed by atoms with Crippen molar-refractivity contribution in [3.8, 4) is 0 Å². The number of carbonyl (C=O) groups excluding carboxylic acids is 2. The highest BCUT2D eigenvalue weighted by Crippen LogP contribution is 2.30. The largest absolute Gasteiger partial charge is 0.347 e. The molecule has 9 nitrogen and oxygen atoms in total. The number of amides is 3. The molecule has 2 fully saturated rings. The van der Waals surface area contributed by atoms with Crippen LogP contribution in [0.5, 0.6) is 0 Å². The summed E-state index contributed by atoms with van der Waals surface area (Å²) in [6, 6.07) is 3.40. The van der Waals surface area contributed by atoms with Gasteiger partial charge in [-0.25, -0.2) is 22.8 Å². The number of halogens is 3. The van der Waals surface area contributed by atoms with Crippen molar-refractivity contribution in [1.29, 1.82) is 0 Å². The van der Waals surface area contributed by atoms with Gasteiger partial charge in [0.15, 0.2) is 0 Å². The number of nitrogens with one attached hydrogen (secondary N) is 2. The number of likely N-dealkylation sites (tertiary alicyclic amines) is 1. The monoisotopic (exact) mass is 557 g/mol. The van der Waals surface area contributed by atoms with Crippen LogP contribution in [0.1, 0.15) is 55.9 Å². The SMILES string of the molecule is CC(C)n1c(=O)n(CC2CC2)c(=O)c2cc(NC(=O)N3CCC[C@@H](NC(=O)c4cc(F)ccc4F)C3)c(F)cc21. The Morgan fingerprint density at radius 2 is 1.77 bits per heavy atom. The van der Waals surface area contributed by atoms with Gasteiger partial charge in [-0.1, -0.05) is 0 Å². The number of aromatic nitrogens is 2. The summed E-state index contributed by atoms with van der Waals surface area (Å²) in [4.78, 5) is 53.3. The van der Waals surface area contributed by atoms with Gasteiger partial charge in [0.1, 0.15) is 17.5 Å². The van der Waals surface area contributed by atoms with Crippen molar-refractivity contribution < 1.29 is 22.8 Å². The Morgan fingerprint density at radius 3 is 2.48 bits per heavy atom. The van der Waals surface area contributed by atoms with E-state index in [1.165, 1.54) is 20.1 Å². The van der Waals surface area contributed by atoms with Crippen molar-refractivity contribution >= 4 is 28.5 Å². The number of piperidine rings is 1. The number of hydrogen-bond acceptors (Lipinski definition) is 4. The minimum atomic E-state index is -0.866. The third-order valence-electron chi connectivity index (χ3n) is 7.37. The summed E-state index contributed by atoms with van der Waals surface area (Å²) >= 11 is 0. The van der Waals surface area contributed by atoms with E-state index in [0.717, 1.165) is 37.1 Å². The number of carbonyl (C=O) groups is 2. The summed E-state index contributed by atoms with van der Waals surface area (Å²) in [5.41, 5.74) is -1.53. The second-order valence-electron chi connectivity index (χ2n) is 10.8. The molecule has 1 saturated carbocycles. The standard InChI is InChI=1S/C28H30F3N5O4/c1-15(2)36-24-12-22(31)23(11-20(24)26(38)35(28(36)40)13-16-5-6-16)33-27(39)34-9-3-4-18(14-34)32-25(37)19-10-17(29)7-8-21(19)30/h7-8,10-12,15-16,18H,3-6,9,13-14H2,1-2H3,(H,32,37)(H,33,39)/t18-/m1/s1. The topological polar surface area (TPSA) is 105 Å². The quantitative estimate of drug-likeness (QED) is 0.478. The van der Waals surface area contributed by atoms with Crippen LogP contribution in [0.25, 0.3) is 10.9 Å². The molecule has 12 heteroatoms. The molecule has 3 amide bonds. The number of fused-ring (bicyclic) bond motifs is 1. The lowest BCUT2D eigenvalue weighted by molar-refractivity contribution is 0.0908. The summed E-state index contributed by atoms with van der Waals surface area (Å²) in [5.74, 6) is -2.97. The molecule has 2 aromatic carbocycles. The van der Waals surface area contributed by atoms with Crippen LogP contribution in [0.15, 0.2) is 39.9 Å². The third kappa shape index (κ3) is 5.47. The second-order valence-corrected chi connectivity index (χ2v) is 10.8. The van der Waals surface area contributed by atoms with Gasteiger partial charge in [-0.15, -0.1) is 0 Å². The van der Waals surface area contributed by atoms with Crippen LogP contribution in [-0.4, -0.2) is 45.1 Å². The lowest BCUT2D eigenvalue weighted by Crippen LogP contribution is -2.50. The number of benzene rings is 2. The fourth-order valence-electron chi connectivity index (χ4n) is 5.12. The number of nitrogens with zero attached hydrogens (tertiary/aromatic N) is 3. The molecule has 0 spiro atoms. The summed E-state index contributed by atoms with van der Waals surface area (Å²) < 4.78 is 45.3. The number of rotatable bonds is 6. The Kier molecular flexibility index (Phi) is 7.43. The lowest BCUT2D eigenvalue weighted by Gasteiger charge is -2.33. The molecule has 0 unspecified atom stereocenters. The average Bonchev–Trinajstić information content (AvgIpc) is 3.73. The molecule has 1 saturated heterocycles. The summed E-state index contributed by atoms with van der Waals surface area (Å²) in [6.45, 7) is 4.22. The summed E-state index contributed by atoms with van der Waals surface area (Å²) in [6.07, 6.45) is 2.89. The lowest BCUT2D eigenvalue weighted by atomic mass is 10.1. The molecule has 0 radical (unpaired) electrons. The van der Waals surface area contributed by atoms with E-state index in [2.05, 4.69) is 10.6 Å². The smallest absolute Gasteiger partial charge is 0.331 e. The average molecular weight is 558 g/mol. The fraction of sp³-hybridized carbons (Fsp3) is 0.429. The predicted octanol–water partition coefficient (Wildman–Crippen LogP) is 4.00. The Balaban J connectivity index is 1.36. The molecule has 2 aliphatic rings. The van der Waals surface area contributed by atoms with Crippen LogP contribution < -0.4 is 21.9 Å². The predicted molar refractivity (Wildman–Crippen MR) is 143 cm³/mol. The van der Waals surface area contributed by atoms with Crippen molar-refractivity contribution in [1.82, 2.24) is 19.4 Å². The molecule has 212 valence electrons. The molecule has 1 aliphatic carbocycles. The van der Waals surface area contributed by atoms with E-state index in [1.54, 1.807) is 13.8 Å². The van der Waals surface area contributed by atoms with Gasteiger partial charge in [0.05, 0.1) is 22.2 Å². The second kappa shape index (κ2) is 10.8. The summed E-state index contributed by atoms with van der Waals surface area (Å²) in [7, 11) is 0. The first kappa shape index (κ1) is 27.5. The van der Waals surface area contributed by atoms with Gasteiger partial charge in [0.25, 0.3) is 11.5 Å². The molecule has 0 bridgehead atoms. The minimum absolute atomic E-state index is 0.0603. The van der Waals surface area contributed by atoms with Gasteiger partial charge in [-0.05, 0) is 69.7 Å². The van der Waals surface area contributed by atoms with Gasteiger partial charge in [0, 0.05) is 37.8 Å². The van der Waals surface area contributed by atoms with E-state index in [1.807, 2.05) is 0 Å². The molecule has 40 heavy (non-hydrogen) atoms. The zero-order valence-corrected chi connectivity index (χ0v) is 22.2.